The molecule has 0 amide bonds. The fourth-order valence-electron chi connectivity index (χ4n) is 0.562. The summed E-state index contributed by atoms with van der Waals surface area (Å²) in [5.41, 5.74) is 0. The minimum atomic E-state index is -1.34. The van der Waals surface area contributed by atoms with E-state index in [0.717, 1.165) is 6.26 Å². The third-order valence-electron chi connectivity index (χ3n) is 1.05. The van der Waals surface area contributed by atoms with Gasteiger partial charge in [0.15, 0.2) is 5.75 Å². The quantitative estimate of drug-likeness (QED) is 0.627. The third-order valence-corrected chi connectivity index (χ3v) is 1.38. The minimum absolute atomic E-state index is 0.0636. The van der Waals surface area contributed by atoms with E-state index >= 15 is 0 Å². The van der Waals surface area contributed by atoms with E-state index < -0.39 is 17.5 Å². The van der Waals surface area contributed by atoms with Crippen LogP contribution in [0.15, 0.2) is 16.7 Å². The summed E-state index contributed by atoms with van der Waals surface area (Å²) in [5, 5.41) is 17.4. The highest BCUT2D eigenvalue weighted by atomic mass is 32.1. The topological polar surface area (TPSA) is 70.7 Å². The first-order chi connectivity index (χ1) is 5.13. The van der Waals surface area contributed by atoms with Crippen LogP contribution in [0.3, 0.4) is 0 Å². The predicted molar refractivity (Wildman–Crippen MR) is 38.2 cm³/mol. The fourth-order valence-corrected chi connectivity index (χ4v) is 0.710. The van der Waals surface area contributed by atoms with Crippen LogP contribution in [-0.4, -0.2) is 16.2 Å². The molecule has 0 radical (unpaired) electrons. The Kier molecular flexibility index (Phi) is 1.91. The molecule has 0 atom stereocenters. The number of carboxylic acids is 1. The van der Waals surface area contributed by atoms with E-state index in [9.17, 15) is 4.79 Å². The van der Waals surface area contributed by atoms with Crippen molar-refractivity contribution in [2.45, 2.75) is 0 Å². The van der Waals surface area contributed by atoms with Crippen LogP contribution in [0.1, 0.15) is 10.6 Å². The molecule has 5 heteroatoms. The second kappa shape index (κ2) is 2.71. The molecule has 58 valence electrons. The normalized spacial score (nSPS) is 9.45. The van der Waals surface area contributed by atoms with E-state index in [4.69, 9.17) is 10.2 Å². The molecule has 0 aliphatic heterocycles. The molecule has 1 aromatic heterocycles. The average Bonchev–Trinajstić information content (AvgIpc) is 1.94. The van der Waals surface area contributed by atoms with Gasteiger partial charge in [0.2, 0.25) is 0 Å². The monoisotopic (exact) mass is 172 g/mol. The fraction of sp³-hybridized carbons (Fsp3) is 0. The molecular weight excluding hydrogens is 168 g/mol. The summed E-state index contributed by atoms with van der Waals surface area (Å²) in [7, 11) is 0. The van der Waals surface area contributed by atoms with Crippen LogP contribution in [0, 0.1) is 4.51 Å². The molecule has 0 saturated carbocycles. The molecule has 0 aromatic carbocycles. The molecule has 4 nitrogen and oxygen atoms in total. The van der Waals surface area contributed by atoms with Crippen LogP contribution in [-0.2, 0) is 0 Å². The van der Waals surface area contributed by atoms with Crippen LogP contribution in [0.2, 0.25) is 0 Å². The van der Waals surface area contributed by atoms with Gasteiger partial charge in [0, 0.05) is 0 Å². The van der Waals surface area contributed by atoms with E-state index in [-0.39, 0.29) is 4.51 Å². The van der Waals surface area contributed by atoms with E-state index in [1.807, 2.05) is 0 Å². The summed E-state index contributed by atoms with van der Waals surface area (Å²) in [4.78, 5) is 10.3. The van der Waals surface area contributed by atoms with Crippen LogP contribution in [0.5, 0.6) is 5.75 Å². The maximum Gasteiger partial charge on any atom is 0.375 e. The van der Waals surface area contributed by atoms with Crippen LogP contribution >= 0.6 is 12.2 Å². The van der Waals surface area contributed by atoms with Crippen LogP contribution in [0.25, 0.3) is 0 Å². The van der Waals surface area contributed by atoms with Crippen molar-refractivity contribution in [2.24, 2.45) is 0 Å². The Balaban J connectivity index is 3.39. The van der Waals surface area contributed by atoms with Gasteiger partial charge in [-0.1, -0.05) is 12.2 Å². The van der Waals surface area contributed by atoms with Gasteiger partial charge in [0.25, 0.3) is 5.76 Å². The lowest BCUT2D eigenvalue weighted by molar-refractivity contribution is 0.0654. The zero-order chi connectivity index (χ0) is 8.43. The van der Waals surface area contributed by atoms with Gasteiger partial charge in [0.05, 0.1) is 10.8 Å². The molecule has 0 fully saturated rings. The first-order valence-corrected chi connectivity index (χ1v) is 3.08. The summed E-state index contributed by atoms with van der Waals surface area (Å²) < 4.78 is 4.55. The molecule has 2 N–H and O–H groups in total. The maximum absolute atomic E-state index is 10.3. The molecule has 0 saturated heterocycles. The van der Waals surface area contributed by atoms with Gasteiger partial charge in [-0.15, -0.1) is 0 Å². The number of rotatable bonds is 1. The van der Waals surface area contributed by atoms with Crippen molar-refractivity contribution in [3.8, 4) is 5.75 Å². The van der Waals surface area contributed by atoms with Crippen molar-refractivity contribution in [3.05, 3.63) is 22.6 Å². The summed E-state index contributed by atoms with van der Waals surface area (Å²) in [6, 6.07) is 1.30. The zero-order valence-corrected chi connectivity index (χ0v) is 6.09. The Morgan fingerprint density at radius 1 is 1.64 bits per heavy atom. The van der Waals surface area contributed by atoms with Gasteiger partial charge in [-0.05, 0) is 6.07 Å². The highest BCUT2D eigenvalue weighted by molar-refractivity contribution is 7.71. The van der Waals surface area contributed by atoms with Crippen molar-refractivity contribution in [3.63, 3.8) is 0 Å². The summed E-state index contributed by atoms with van der Waals surface area (Å²) in [6.45, 7) is 0. The molecule has 0 aliphatic rings. The third kappa shape index (κ3) is 1.38. The average molecular weight is 172 g/mol. The first kappa shape index (κ1) is 7.74. The molecule has 1 rings (SSSR count). The summed E-state index contributed by atoms with van der Waals surface area (Å²) >= 11 is 4.59. The Morgan fingerprint density at radius 3 is 2.73 bits per heavy atom. The van der Waals surface area contributed by atoms with Crippen molar-refractivity contribution >= 4 is 18.2 Å². The summed E-state index contributed by atoms with van der Waals surface area (Å²) in [5.74, 6) is -2.37. The molecule has 0 unspecified atom stereocenters. The highest BCUT2D eigenvalue weighted by Gasteiger charge is 2.12. The molecule has 1 heterocycles. The summed E-state index contributed by atoms with van der Waals surface area (Å²) in [6.07, 6.45) is 1.12. The Morgan fingerprint density at radius 2 is 2.27 bits per heavy atom. The second-order valence-electron chi connectivity index (χ2n) is 1.77. The number of carbonyl (C=O) groups is 1. The largest absolute Gasteiger partial charge is 0.503 e. The van der Waals surface area contributed by atoms with E-state index in [0.29, 0.717) is 0 Å². The van der Waals surface area contributed by atoms with E-state index in [1.165, 1.54) is 6.07 Å². The van der Waals surface area contributed by atoms with Crippen molar-refractivity contribution < 1.29 is 19.4 Å². The van der Waals surface area contributed by atoms with E-state index in [1.54, 1.807) is 0 Å². The SMILES string of the molecule is O=C(O)c1occc(=S)c1O. The smallest absolute Gasteiger partial charge is 0.375 e. The van der Waals surface area contributed by atoms with E-state index in [2.05, 4.69) is 16.6 Å². The highest BCUT2D eigenvalue weighted by Crippen LogP contribution is 2.17. The van der Waals surface area contributed by atoms with Gasteiger partial charge in [-0.25, -0.2) is 4.79 Å². The maximum atomic E-state index is 10.3. The lowest BCUT2D eigenvalue weighted by atomic mass is 10.3. The Labute approximate surface area is 66.7 Å². The van der Waals surface area contributed by atoms with Crippen LogP contribution < -0.4 is 0 Å². The van der Waals surface area contributed by atoms with Gasteiger partial charge in [-0.3, -0.25) is 0 Å². The minimum Gasteiger partial charge on any atom is -0.503 e. The molecule has 0 bridgehead atoms. The Bertz CT molecular complexity index is 341. The molecule has 11 heavy (non-hydrogen) atoms. The second-order valence-corrected chi connectivity index (χ2v) is 2.21. The lowest BCUT2D eigenvalue weighted by Crippen LogP contribution is -1.95. The van der Waals surface area contributed by atoms with Gasteiger partial charge < -0.3 is 14.6 Å². The number of aromatic hydroxyl groups is 1. The number of hydrogen-bond acceptors (Lipinski definition) is 4. The lowest BCUT2D eigenvalue weighted by Gasteiger charge is -1.95. The molecule has 1 aromatic rings. The van der Waals surface area contributed by atoms with Crippen molar-refractivity contribution in [2.75, 3.05) is 0 Å². The number of carboxylic acid groups (broad SMARTS) is 1. The predicted octanol–water partition coefficient (Wildman–Crippen LogP) is 1.41. The zero-order valence-electron chi connectivity index (χ0n) is 5.27. The van der Waals surface area contributed by atoms with Gasteiger partial charge >= 0.3 is 5.97 Å². The first-order valence-electron chi connectivity index (χ1n) is 2.67. The number of aromatic carboxylic acids is 1. The van der Waals surface area contributed by atoms with Gasteiger partial charge in [-0.2, -0.15) is 0 Å². The standard InChI is InChI=1S/C6H4O4S/c7-4-3(11)1-2-10-5(4)6(8)9/h1-2,7H,(H,8,9). The Hall–Kier alpha value is -1.36. The van der Waals surface area contributed by atoms with Crippen molar-refractivity contribution in [1.82, 2.24) is 0 Å². The van der Waals surface area contributed by atoms with Crippen LogP contribution in [0.4, 0.5) is 0 Å². The van der Waals surface area contributed by atoms with Crippen molar-refractivity contribution in [1.29, 1.82) is 0 Å². The molecule has 0 aliphatic carbocycles. The number of hydrogen-bond donors (Lipinski definition) is 2. The molecular formula is C6H4O4S. The van der Waals surface area contributed by atoms with Gasteiger partial charge in [0.1, 0.15) is 0 Å². The molecule has 0 spiro atoms.